The largest absolute Gasteiger partial charge is 0.352 e. The second kappa shape index (κ2) is 12.6. The number of amides is 2. The molecule has 186 valence electrons. The van der Waals surface area contributed by atoms with Gasteiger partial charge in [-0.3, -0.25) is 9.59 Å². The van der Waals surface area contributed by atoms with Crippen molar-refractivity contribution >= 4 is 21.8 Å². The smallest absolute Gasteiger partial charge is 0.243 e. The van der Waals surface area contributed by atoms with Gasteiger partial charge in [0.1, 0.15) is 11.9 Å². The first-order valence-electron chi connectivity index (χ1n) is 11.4. The summed E-state index contributed by atoms with van der Waals surface area (Å²) in [5, 5.41) is 2.86. The molecule has 2 rings (SSSR count). The van der Waals surface area contributed by atoms with Crippen molar-refractivity contribution in [3.05, 3.63) is 66.0 Å². The van der Waals surface area contributed by atoms with Gasteiger partial charge in [-0.25, -0.2) is 17.1 Å². The fourth-order valence-corrected chi connectivity index (χ4v) is 4.81. The highest BCUT2D eigenvalue weighted by Gasteiger charge is 2.29. The first kappa shape index (κ1) is 27.5. The summed E-state index contributed by atoms with van der Waals surface area (Å²) in [4.78, 5) is 27.7. The van der Waals surface area contributed by atoms with Crippen molar-refractivity contribution in [3.63, 3.8) is 0 Å². The van der Waals surface area contributed by atoms with Crippen LogP contribution in [0, 0.1) is 5.82 Å². The highest BCUT2D eigenvalue weighted by atomic mass is 32.2. The Bertz CT molecular complexity index is 1040. The second-order valence-electron chi connectivity index (χ2n) is 8.48. The molecular weight excluding hydrogens is 457 g/mol. The molecule has 0 fully saturated rings. The molecule has 9 heteroatoms. The number of carbonyl (C=O) groups excluding carboxylic acids is 2. The normalized spacial score (nSPS) is 12.6. The minimum absolute atomic E-state index is 0.0707. The first-order chi connectivity index (χ1) is 16.1. The third-order valence-electron chi connectivity index (χ3n) is 5.40. The zero-order chi connectivity index (χ0) is 25.3. The maximum Gasteiger partial charge on any atom is 0.243 e. The van der Waals surface area contributed by atoms with Gasteiger partial charge in [0.05, 0.1) is 4.90 Å². The van der Waals surface area contributed by atoms with E-state index in [2.05, 4.69) is 5.32 Å². The summed E-state index contributed by atoms with van der Waals surface area (Å²) in [5.74, 6) is -0.897. The molecule has 0 aliphatic carbocycles. The molecule has 0 aromatic heterocycles. The maximum atomic E-state index is 13.3. The van der Waals surface area contributed by atoms with Crippen molar-refractivity contribution in [1.82, 2.24) is 14.5 Å². The fourth-order valence-electron chi connectivity index (χ4n) is 3.58. The van der Waals surface area contributed by atoms with Crippen molar-refractivity contribution in [2.45, 2.75) is 63.6 Å². The number of nitrogens with zero attached hydrogens (tertiary/aromatic N) is 2. The number of hydrogen-bond acceptors (Lipinski definition) is 4. The van der Waals surface area contributed by atoms with Crippen LogP contribution in [0.15, 0.2) is 59.5 Å². The van der Waals surface area contributed by atoms with Crippen LogP contribution in [0.1, 0.15) is 45.6 Å². The molecule has 0 bridgehead atoms. The van der Waals surface area contributed by atoms with Gasteiger partial charge in [0.15, 0.2) is 0 Å². The predicted octanol–water partition coefficient (Wildman–Crippen LogP) is 3.56. The second-order valence-corrected chi connectivity index (χ2v) is 10.5. The van der Waals surface area contributed by atoms with Gasteiger partial charge in [0.25, 0.3) is 0 Å². The van der Waals surface area contributed by atoms with Crippen LogP contribution in [0.25, 0.3) is 0 Å². The number of carbonyl (C=O) groups is 2. The maximum absolute atomic E-state index is 13.3. The van der Waals surface area contributed by atoms with E-state index < -0.39 is 16.1 Å². The predicted molar refractivity (Wildman–Crippen MR) is 130 cm³/mol. The number of nitrogens with one attached hydrogen (secondary N) is 1. The van der Waals surface area contributed by atoms with Crippen LogP contribution < -0.4 is 5.32 Å². The summed E-state index contributed by atoms with van der Waals surface area (Å²) < 4.78 is 40.0. The van der Waals surface area contributed by atoms with E-state index >= 15 is 0 Å². The van der Waals surface area contributed by atoms with Crippen LogP contribution in [-0.4, -0.2) is 55.1 Å². The Labute approximate surface area is 202 Å². The highest BCUT2D eigenvalue weighted by molar-refractivity contribution is 7.89. The highest BCUT2D eigenvalue weighted by Crippen LogP contribution is 2.17. The minimum Gasteiger partial charge on any atom is -0.352 e. The van der Waals surface area contributed by atoms with Crippen LogP contribution in [0.3, 0.4) is 0 Å². The molecular formula is C25H34FN3O4S. The summed E-state index contributed by atoms with van der Waals surface area (Å²) in [7, 11) is -2.17. The van der Waals surface area contributed by atoms with Gasteiger partial charge in [-0.05, 0) is 56.5 Å². The van der Waals surface area contributed by atoms with Gasteiger partial charge in [-0.2, -0.15) is 0 Å². The van der Waals surface area contributed by atoms with E-state index in [0.29, 0.717) is 18.4 Å². The zero-order valence-corrected chi connectivity index (χ0v) is 21.0. The van der Waals surface area contributed by atoms with Crippen molar-refractivity contribution in [2.24, 2.45) is 0 Å². The van der Waals surface area contributed by atoms with Crippen LogP contribution in [0.2, 0.25) is 0 Å². The van der Waals surface area contributed by atoms with Gasteiger partial charge in [0.2, 0.25) is 21.8 Å². The van der Waals surface area contributed by atoms with Gasteiger partial charge >= 0.3 is 0 Å². The topological polar surface area (TPSA) is 86.8 Å². The number of benzene rings is 2. The molecule has 0 aliphatic heterocycles. The summed E-state index contributed by atoms with van der Waals surface area (Å²) in [5.41, 5.74) is 0.703. The van der Waals surface area contributed by atoms with Gasteiger partial charge in [0, 0.05) is 32.6 Å². The van der Waals surface area contributed by atoms with E-state index in [-0.39, 0.29) is 48.1 Å². The number of hydrogen-bond donors (Lipinski definition) is 1. The monoisotopic (exact) mass is 491 g/mol. The van der Waals surface area contributed by atoms with Crippen LogP contribution in [-0.2, 0) is 26.2 Å². The molecule has 1 N–H and O–H groups in total. The lowest BCUT2D eigenvalue weighted by atomic mass is 10.1. The van der Waals surface area contributed by atoms with Gasteiger partial charge < -0.3 is 10.2 Å². The molecule has 0 heterocycles. The molecule has 2 amide bonds. The molecule has 0 aliphatic rings. The Hall–Kier alpha value is -2.78. The van der Waals surface area contributed by atoms with E-state index in [4.69, 9.17) is 0 Å². The van der Waals surface area contributed by atoms with Crippen molar-refractivity contribution in [2.75, 3.05) is 13.6 Å². The van der Waals surface area contributed by atoms with Crippen LogP contribution in [0.4, 0.5) is 4.39 Å². The third-order valence-corrected chi connectivity index (χ3v) is 7.27. The Balaban J connectivity index is 2.12. The summed E-state index contributed by atoms with van der Waals surface area (Å²) in [6, 6.07) is 13.1. The average molecular weight is 492 g/mol. The van der Waals surface area contributed by atoms with Crippen LogP contribution in [0.5, 0.6) is 0 Å². The first-order valence-corrected chi connectivity index (χ1v) is 12.9. The molecule has 1 unspecified atom stereocenters. The molecule has 0 radical (unpaired) electrons. The molecule has 34 heavy (non-hydrogen) atoms. The van der Waals surface area contributed by atoms with Gasteiger partial charge in [-0.15, -0.1) is 0 Å². The lowest BCUT2D eigenvalue weighted by Crippen LogP contribution is -2.50. The number of halogens is 1. The lowest BCUT2D eigenvalue weighted by Gasteiger charge is -2.31. The van der Waals surface area contributed by atoms with E-state index in [1.807, 2.05) is 20.8 Å². The Kier molecular flexibility index (Phi) is 10.2. The van der Waals surface area contributed by atoms with Crippen molar-refractivity contribution < 1.29 is 22.4 Å². The molecule has 1 atom stereocenters. The SMILES string of the molecule is CCC(C(=O)NC(C)C)N(Cc1ccc(F)cc1)C(=O)CCCN(C)S(=O)(=O)c1ccccc1. The Morgan fingerprint density at radius 3 is 2.21 bits per heavy atom. The number of rotatable bonds is 12. The molecule has 0 saturated carbocycles. The summed E-state index contributed by atoms with van der Waals surface area (Å²) in [6.07, 6.45) is 0.776. The number of sulfonamides is 1. The lowest BCUT2D eigenvalue weighted by molar-refractivity contribution is -0.141. The third kappa shape index (κ3) is 7.63. The van der Waals surface area contributed by atoms with Crippen LogP contribution >= 0.6 is 0 Å². The quantitative estimate of drug-likeness (QED) is 0.492. The zero-order valence-electron chi connectivity index (χ0n) is 20.2. The van der Waals surface area contributed by atoms with Gasteiger partial charge in [-0.1, -0.05) is 37.3 Å². The molecule has 0 saturated heterocycles. The fraction of sp³-hybridized carbons (Fsp3) is 0.440. The minimum atomic E-state index is -3.65. The Morgan fingerprint density at radius 1 is 1.03 bits per heavy atom. The molecule has 7 nitrogen and oxygen atoms in total. The summed E-state index contributed by atoms with van der Waals surface area (Å²) >= 11 is 0. The summed E-state index contributed by atoms with van der Waals surface area (Å²) in [6.45, 7) is 5.83. The van der Waals surface area contributed by atoms with Crippen molar-refractivity contribution in [3.8, 4) is 0 Å². The van der Waals surface area contributed by atoms with E-state index in [1.165, 1.54) is 40.5 Å². The standard InChI is InChI=1S/C25H34FN3O4S/c1-5-23(25(31)27-19(2)3)29(18-20-13-15-21(26)16-14-20)24(30)12-9-17-28(4)34(32,33)22-10-7-6-8-11-22/h6-8,10-11,13-16,19,23H,5,9,12,17-18H2,1-4H3,(H,27,31). The van der Waals surface area contributed by atoms with E-state index in [0.717, 1.165) is 0 Å². The van der Waals surface area contributed by atoms with E-state index in [9.17, 15) is 22.4 Å². The van der Waals surface area contributed by atoms with E-state index in [1.54, 1.807) is 30.3 Å². The molecule has 2 aromatic rings. The average Bonchev–Trinajstić information content (AvgIpc) is 2.80. The molecule has 2 aromatic carbocycles. The van der Waals surface area contributed by atoms with Crippen molar-refractivity contribution in [1.29, 1.82) is 0 Å². The molecule has 0 spiro atoms. The Morgan fingerprint density at radius 2 is 1.65 bits per heavy atom.